The van der Waals surface area contributed by atoms with Crippen LogP contribution in [0.25, 0.3) is 11.4 Å². The van der Waals surface area contributed by atoms with Gasteiger partial charge in [-0.25, -0.2) is 9.97 Å². The van der Waals surface area contributed by atoms with Crippen molar-refractivity contribution < 1.29 is 26.3 Å². The number of nitrogens with one attached hydrogen (secondary N) is 1. The quantitative estimate of drug-likeness (QED) is 0.697. The Morgan fingerprint density at radius 3 is 2.40 bits per heavy atom. The van der Waals surface area contributed by atoms with Crippen LogP contribution in [0.3, 0.4) is 0 Å². The molecule has 0 spiro atoms. The number of pyridine rings is 1. The fourth-order valence-electron chi connectivity index (χ4n) is 3.51. The molecule has 1 saturated heterocycles. The van der Waals surface area contributed by atoms with Gasteiger partial charge in [0.2, 0.25) is 0 Å². The van der Waals surface area contributed by atoms with Crippen LogP contribution in [0.5, 0.6) is 0 Å². The van der Waals surface area contributed by atoms with Gasteiger partial charge in [0.25, 0.3) is 0 Å². The van der Waals surface area contributed by atoms with E-state index >= 15 is 0 Å². The predicted octanol–water partition coefficient (Wildman–Crippen LogP) is 4.63. The Hall–Kier alpha value is -2.43. The Balaban J connectivity index is 1.73. The van der Waals surface area contributed by atoms with Gasteiger partial charge in [-0.3, -0.25) is 9.88 Å². The summed E-state index contributed by atoms with van der Waals surface area (Å²) in [6, 6.07) is 3.71. The molecule has 3 rings (SSSR count). The van der Waals surface area contributed by atoms with Crippen LogP contribution in [-0.4, -0.2) is 51.7 Å². The fourth-order valence-corrected chi connectivity index (χ4v) is 3.51. The molecule has 2 aromatic rings. The van der Waals surface area contributed by atoms with Crippen molar-refractivity contribution in [3.63, 3.8) is 0 Å². The van der Waals surface area contributed by atoms with E-state index in [0.717, 1.165) is 6.07 Å². The average Bonchev–Trinajstić information content (AvgIpc) is 2.67. The molecule has 1 N–H and O–H groups in total. The molecule has 3 heterocycles. The standard InChI is InChI=1S/C19H21F6N5/c1-12(13-4-7-30(8-5-13)11-18(20,21)22)27-16-9-15(19(23,24)25)28-17(29-16)14-3-2-6-26-10-14/h2-3,6,9-10,12-13H,4-5,7-8,11H2,1H3,(H,27,28,29). The first kappa shape index (κ1) is 22.3. The molecule has 0 radical (unpaired) electrons. The van der Waals surface area contributed by atoms with Crippen molar-refractivity contribution >= 4 is 5.82 Å². The van der Waals surface area contributed by atoms with Crippen LogP contribution in [0.1, 0.15) is 25.5 Å². The number of likely N-dealkylation sites (tertiary alicyclic amines) is 1. The summed E-state index contributed by atoms with van der Waals surface area (Å²) >= 11 is 0. The summed E-state index contributed by atoms with van der Waals surface area (Å²) in [5.41, 5.74) is -0.731. The van der Waals surface area contributed by atoms with Crippen molar-refractivity contribution in [3.8, 4) is 11.4 Å². The zero-order valence-electron chi connectivity index (χ0n) is 16.1. The summed E-state index contributed by atoms with van der Waals surface area (Å²) in [4.78, 5) is 13.0. The molecule has 0 amide bonds. The monoisotopic (exact) mass is 433 g/mol. The molecule has 1 aliphatic heterocycles. The van der Waals surface area contributed by atoms with Crippen LogP contribution in [0.2, 0.25) is 0 Å². The lowest BCUT2D eigenvalue weighted by Gasteiger charge is -2.35. The van der Waals surface area contributed by atoms with E-state index in [0.29, 0.717) is 18.4 Å². The Labute approximate surface area is 169 Å². The molecule has 1 unspecified atom stereocenters. The van der Waals surface area contributed by atoms with Gasteiger partial charge in [-0.05, 0) is 50.9 Å². The van der Waals surface area contributed by atoms with Gasteiger partial charge in [0.15, 0.2) is 11.5 Å². The van der Waals surface area contributed by atoms with E-state index in [2.05, 4.69) is 20.3 Å². The number of piperidine rings is 1. The van der Waals surface area contributed by atoms with Crippen LogP contribution >= 0.6 is 0 Å². The van der Waals surface area contributed by atoms with Crippen molar-refractivity contribution in [2.45, 2.75) is 38.2 Å². The molecule has 0 saturated carbocycles. The van der Waals surface area contributed by atoms with Gasteiger partial charge in [-0.1, -0.05) is 0 Å². The predicted molar refractivity (Wildman–Crippen MR) is 98.6 cm³/mol. The zero-order valence-corrected chi connectivity index (χ0v) is 16.1. The minimum atomic E-state index is -4.65. The maximum Gasteiger partial charge on any atom is 0.433 e. The van der Waals surface area contributed by atoms with E-state index in [9.17, 15) is 26.3 Å². The Bertz CT molecular complexity index is 832. The minimum absolute atomic E-state index is 0.0145. The Morgan fingerprint density at radius 1 is 1.13 bits per heavy atom. The summed E-state index contributed by atoms with van der Waals surface area (Å²) < 4.78 is 77.5. The van der Waals surface area contributed by atoms with E-state index in [4.69, 9.17) is 0 Å². The van der Waals surface area contributed by atoms with Gasteiger partial charge in [-0.15, -0.1) is 0 Å². The van der Waals surface area contributed by atoms with Crippen molar-refractivity contribution in [3.05, 3.63) is 36.3 Å². The highest BCUT2D eigenvalue weighted by Crippen LogP contribution is 2.32. The van der Waals surface area contributed by atoms with Gasteiger partial charge in [-0.2, -0.15) is 26.3 Å². The highest BCUT2D eigenvalue weighted by molar-refractivity contribution is 5.56. The van der Waals surface area contributed by atoms with Crippen molar-refractivity contribution in [2.75, 3.05) is 25.0 Å². The lowest BCUT2D eigenvalue weighted by atomic mass is 9.90. The number of nitrogens with zero attached hydrogens (tertiary/aromatic N) is 4. The largest absolute Gasteiger partial charge is 0.433 e. The van der Waals surface area contributed by atoms with Crippen molar-refractivity contribution in [1.29, 1.82) is 0 Å². The van der Waals surface area contributed by atoms with Gasteiger partial charge >= 0.3 is 12.4 Å². The van der Waals surface area contributed by atoms with Gasteiger partial charge in [0.1, 0.15) is 5.82 Å². The van der Waals surface area contributed by atoms with Gasteiger partial charge in [0, 0.05) is 30.1 Å². The molecule has 1 aliphatic rings. The first-order chi connectivity index (χ1) is 14.0. The Morgan fingerprint density at radius 2 is 1.83 bits per heavy atom. The molecular weight excluding hydrogens is 412 g/mol. The van der Waals surface area contributed by atoms with Crippen LogP contribution in [0.15, 0.2) is 30.6 Å². The first-order valence-electron chi connectivity index (χ1n) is 9.43. The summed E-state index contributed by atoms with van der Waals surface area (Å²) in [5, 5.41) is 2.99. The van der Waals surface area contributed by atoms with E-state index in [-0.39, 0.29) is 36.7 Å². The lowest BCUT2D eigenvalue weighted by Crippen LogP contribution is -2.43. The van der Waals surface area contributed by atoms with Crippen molar-refractivity contribution in [2.24, 2.45) is 5.92 Å². The molecule has 0 aromatic carbocycles. The smallest absolute Gasteiger partial charge is 0.367 e. The fraction of sp³-hybridized carbons (Fsp3) is 0.526. The minimum Gasteiger partial charge on any atom is -0.367 e. The molecule has 1 fully saturated rings. The zero-order chi connectivity index (χ0) is 21.9. The average molecular weight is 433 g/mol. The third kappa shape index (κ3) is 6.04. The van der Waals surface area contributed by atoms with E-state index in [1.54, 1.807) is 19.1 Å². The second-order valence-corrected chi connectivity index (χ2v) is 7.36. The van der Waals surface area contributed by atoms with Crippen LogP contribution < -0.4 is 5.32 Å². The number of anilines is 1. The number of hydrogen-bond acceptors (Lipinski definition) is 5. The summed E-state index contributed by atoms with van der Waals surface area (Å²) in [6.45, 7) is 1.42. The van der Waals surface area contributed by atoms with E-state index in [1.807, 2.05) is 0 Å². The topological polar surface area (TPSA) is 53.9 Å². The summed E-state index contributed by atoms with van der Waals surface area (Å²) in [7, 11) is 0. The van der Waals surface area contributed by atoms with Crippen molar-refractivity contribution in [1.82, 2.24) is 19.9 Å². The Kier molecular flexibility index (Phi) is 6.49. The molecule has 1 atom stereocenters. The molecule has 0 aliphatic carbocycles. The lowest BCUT2D eigenvalue weighted by molar-refractivity contribution is -0.148. The maximum absolute atomic E-state index is 13.3. The van der Waals surface area contributed by atoms with Gasteiger partial charge < -0.3 is 5.32 Å². The first-order valence-corrected chi connectivity index (χ1v) is 9.43. The second kappa shape index (κ2) is 8.75. The highest BCUT2D eigenvalue weighted by atomic mass is 19.4. The number of hydrogen-bond donors (Lipinski definition) is 1. The second-order valence-electron chi connectivity index (χ2n) is 7.36. The third-order valence-corrected chi connectivity index (χ3v) is 5.05. The third-order valence-electron chi connectivity index (χ3n) is 5.05. The number of halogens is 6. The molecule has 5 nitrogen and oxygen atoms in total. The SMILES string of the molecule is CC(Nc1cc(C(F)(F)F)nc(-c2cccnc2)n1)C1CCN(CC(F)(F)F)CC1. The number of aromatic nitrogens is 3. The molecule has 0 bridgehead atoms. The molecule has 30 heavy (non-hydrogen) atoms. The normalized spacial score (nSPS) is 17.7. The molecule has 11 heteroatoms. The molecule has 2 aromatic heterocycles. The van der Waals surface area contributed by atoms with E-state index < -0.39 is 24.6 Å². The maximum atomic E-state index is 13.3. The van der Waals surface area contributed by atoms with Gasteiger partial charge in [0.05, 0.1) is 6.54 Å². The number of rotatable bonds is 5. The summed E-state index contributed by atoms with van der Waals surface area (Å²) in [5.74, 6) is -0.0744. The van der Waals surface area contributed by atoms with E-state index in [1.165, 1.54) is 17.3 Å². The highest BCUT2D eigenvalue weighted by Gasteiger charge is 2.35. The molecular formula is C19H21F6N5. The number of alkyl halides is 6. The summed E-state index contributed by atoms with van der Waals surface area (Å²) in [6.07, 6.45) is -5.01. The molecule has 164 valence electrons. The van der Waals surface area contributed by atoms with Crippen LogP contribution in [0.4, 0.5) is 32.2 Å². The van der Waals surface area contributed by atoms with Crippen LogP contribution in [0, 0.1) is 5.92 Å². The van der Waals surface area contributed by atoms with Crippen LogP contribution in [-0.2, 0) is 6.18 Å².